The van der Waals surface area contributed by atoms with Crippen LogP contribution >= 0.6 is 0 Å². The van der Waals surface area contributed by atoms with E-state index in [1.165, 1.54) is 16.5 Å². The number of H-pyrrole nitrogens is 1. The molecular formula is C19H24N2O4S. The summed E-state index contributed by atoms with van der Waals surface area (Å²) >= 11 is 0. The first-order valence-electron chi connectivity index (χ1n) is 9.10. The summed E-state index contributed by atoms with van der Waals surface area (Å²) in [6.07, 6.45) is 5.25. The van der Waals surface area contributed by atoms with Gasteiger partial charge in [-0.3, -0.25) is 8.98 Å². The summed E-state index contributed by atoms with van der Waals surface area (Å²) in [5.41, 5.74) is 3.64. The maximum atomic E-state index is 12.6. The lowest BCUT2D eigenvalue weighted by atomic mass is 9.72. The molecule has 0 saturated carbocycles. The van der Waals surface area contributed by atoms with Gasteiger partial charge in [-0.25, -0.2) is 0 Å². The molecule has 1 N–H and O–H groups in total. The number of benzene rings is 1. The number of carbonyl (C=O) groups excluding carboxylic acids is 1. The third-order valence-electron chi connectivity index (χ3n) is 5.70. The topological polar surface area (TPSA) is 79.5 Å². The monoisotopic (exact) mass is 376 g/mol. The lowest BCUT2D eigenvalue weighted by Gasteiger charge is -2.47. The fraction of sp³-hybridized carbons (Fsp3) is 0.526. The van der Waals surface area contributed by atoms with Crippen molar-refractivity contribution < 1.29 is 17.4 Å². The smallest absolute Gasteiger partial charge is 0.264 e. The summed E-state index contributed by atoms with van der Waals surface area (Å²) in [7, 11) is -3.48. The molecule has 1 aliphatic carbocycles. The van der Waals surface area contributed by atoms with Crippen molar-refractivity contribution in [2.75, 3.05) is 19.4 Å². The first kappa shape index (κ1) is 17.5. The molecule has 2 aliphatic rings. The number of likely N-dealkylation sites (tertiary alicyclic amines) is 1. The van der Waals surface area contributed by atoms with E-state index in [0.29, 0.717) is 13.0 Å². The van der Waals surface area contributed by atoms with Crippen LogP contribution in [0.5, 0.6) is 0 Å². The van der Waals surface area contributed by atoms with E-state index in [2.05, 4.69) is 23.3 Å². The molecule has 3 atom stereocenters. The number of hydrogen-bond donors (Lipinski definition) is 1. The van der Waals surface area contributed by atoms with E-state index in [0.717, 1.165) is 24.6 Å². The average Bonchev–Trinajstić information content (AvgIpc) is 3.03. The third kappa shape index (κ3) is 3.03. The Balaban J connectivity index is 1.71. The summed E-state index contributed by atoms with van der Waals surface area (Å²) in [4.78, 5) is 17.9. The largest absolute Gasteiger partial charge is 0.361 e. The van der Waals surface area contributed by atoms with Gasteiger partial charge >= 0.3 is 0 Å². The second-order valence-corrected chi connectivity index (χ2v) is 9.10. The van der Waals surface area contributed by atoms with Crippen LogP contribution in [-0.2, 0) is 25.5 Å². The molecule has 2 aromatic rings. The standard InChI is InChI=1S/C19H24N2O4S/c1-3-18(22)21-10-12(11-25-26(2,23)24)7-15-14-5-4-6-16-19(14)13(9-20-16)8-17(15)21/h4-6,9,12,15,17,20H,3,7-8,10-11H2,1-2H3/t12-,15?,17-/m1/s1. The van der Waals surface area contributed by atoms with Crippen molar-refractivity contribution in [2.45, 2.75) is 38.1 Å². The number of aromatic nitrogens is 1. The summed E-state index contributed by atoms with van der Waals surface area (Å²) < 4.78 is 27.9. The average molecular weight is 376 g/mol. The zero-order valence-electron chi connectivity index (χ0n) is 15.1. The lowest BCUT2D eigenvalue weighted by molar-refractivity contribution is -0.136. The number of fused-ring (bicyclic) bond motifs is 2. The molecule has 6 nitrogen and oxygen atoms in total. The number of nitrogens with zero attached hydrogens (tertiary/aromatic N) is 1. The van der Waals surface area contributed by atoms with Crippen LogP contribution in [0.15, 0.2) is 24.4 Å². The Morgan fingerprint density at radius 2 is 2.19 bits per heavy atom. The molecule has 26 heavy (non-hydrogen) atoms. The minimum absolute atomic E-state index is 0.0113. The molecule has 2 heterocycles. The summed E-state index contributed by atoms with van der Waals surface area (Å²) in [5.74, 6) is 0.340. The number of nitrogens with one attached hydrogen (secondary N) is 1. The van der Waals surface area contributed by atoms with Crippen molar-refractivity contribution in [3.8, 4) is 0 Å². The van der Waals surface area contributed by atoms with Gasteiger partial charge in [0.25, 0.3) is 10.1 Å². The fourth-order valence-corrected chi connectivity index (χ4v) is 5.06. The molecule has 7 heteroatoms. The number of carbonyl (C=O) groups is 1. The van der Waals surface area contributed by atoms with Gasteiger partial charge in [-0.1, -0.05) is 19.1 Å². The quantitative estimate of drug-likeness (QED) is 0.831. The van der Waals surface area contributed by atoms with Gasteiger partial charge < -0.3 is 9.88 Å². The van der Waals surface area contributed by atoms with E-state index in [1.807, 2.05) is 17.9 Å². The predicted molar refractivity (Wildman–Crippen MR) is 99.4 cm³/mol. The van der Waals surface area contributed by atoms with Gasteiger partial charge in [0, 0.05) is 47.9 Å². The molecule has 4 rings (SSSR count). The van der Waals surface area contributed by atoms with Crippen LogP contribution < -0.4 is 0 Å². The number of aromatic amines is 1. The van der Waals surface area contributed by atoms with Crippen molar-refractivity contribution in [3.05, 3.63) is 35.5 Å². The zero-order chi connectivity index (χ0) is 18.5. The van der Waals surface area contributed by atoms with Gasteiger partial charge in [0.05, 0.1) is 12.9 Å². The molecule has 0 radical (unpaired) electrons. The van der Waals surface area contributed by atoms with E-state index in [9.17, 15) is 13.2 Å². The summed E-state index contributed by atoms with van der Waals surface area (Å²) in [6.45, 7) is 2.56. The number of hydrogen-bond acceptors (Lipinski definition) is 4. The summed E-state index contributed by atoms with van der Waals surface area (Å²) in [6, 6.07) is 6.39. The van der Waals surface area contributed by atoms with Gasteiger partial charge in [-0.15, -0.1) is 0 Å². The maximum absolute atomic E-state index is 12.6. The van der Waals surface area contributed by atoms with Crippen LogP contribution in [0.3, 0.4) is 0 Å². The van der Waals surface area contributed by atoms with Crippen molar-refractivity contribution in [1.29, 1.82) is 0 Å². The molecule has 1 fully saturated rings. The Morgan fingerprint density at radius 1 is 1.38 bits per heavy atom. The molecule has 1 aromatic carbocycles. The Hall–Kier alpha value is -1.86. The molecule has 1 amide bonds. The van der Waals surface area contributed by atoms with Crippen LogP contribution in [0.25, 0.3) is 10.9 Å². The normalized spacial score (nSPS) is 25.3. The molecular weight excluding hydrogens is 352 g/mol. The first-order chi connectivity index (χ1) is 12.4. The van der Waals surface area contributed by atoms with Crippen molar-refractivity contribution in [2.24, 2.45) is 5.92 Å². The molecule has 1 aliphatic heterocycles. The minimum atomic E-state index is -3.48. The third-order valence-corrected chi connectivity index (χ3v) is 6.26. The highest BCUT2D eigenvalue weighted by Gasteiger charge is 2.42. The van der Waals surface area contributed by atoms with Crippen LogP contribution in [0.2, 0.25) is 0 Å². The minimum Gasteiger partial charge on any atom is -0.361 e. The highest BCUT2D eigenvalue weighted by molar-refractivity contribution is 7.85. The molecule has 1 saturated heterocycles. The molecule has 140 valence electrons. The molecule has 1 unspecified atom stereocenters. The zero-order valence-corrected chi connectivity index (χ0v) is 15.9. The van der Waals surface area contributed by atoms with Crippen LogP contribution in [0.4, 0.5) is 0 Å². The highest BCUT2D eigenvalue weighted by Crippen LogP contribution is 2.45. The highest BCUT2D eigenvalue weighted by atomic mass is 32.2. The van der Waals surface area contributed by atoms with E-state index < -0.39 is 10.1 Å². The lowest BCUT2D eigenvalue weighted by Crippen LogP contribution is -2.53. The van der Waals surface area contributed by atoms with Crippen molar-refractivity contribution >= 4 is 26.9 Å². The molecule has 0 bridgehead atoms. The van der Waals surface area contributed by atoms with Crippen molar-refractivity contribution in [3.63, 3.8) is 0 Å². The molecule has 0 spiro atoms. The van der Waals surface area contributed by atoms with Crippen molar-refractivity contribution in [1.82, 2.24) is 9.88 Å². The van der Waals surface area contributed by atoms with Gasteiger partial charge in [-0.2, -0.15) is 8.42 Å². The van der Waals surface area contributed by atoms with Crippen LogP contribution in [0.1, 0.15) is 36.8 Å². The Kier molecular flexibility index (Phi) is 4.31. The van der Waals surface area contributed by atoms with E-state index >= 15 is 0 Å². The van der Waals surface area contributed by atoms with Gasteiger partial charge in [0.1, 0.15) is 0 Å². The maximum Gasteiger partial charge on any atom is 0.264 e. The first-order valence-corrected chi connectivity index (χ1v) is 10.9. The molecule has 1 aromatic heterocycles. The second kappa shape index (κ2) is 6.39. The number of piperidine rings is 1. The van der Waals surface area contributed by atoms with Gasteiger partial charge in [0.15, 0.2) is 0 Å². The Morgan fingerprint density at radius 3 is 2.92 bits per heavy atom. The van der Waals surface area contributed by atoms with Gasteiger partial charge in [-0.05, 0) is 30.0 Å². The second-order valence-electron chi connectivity index (χ2n) is 7.45. The van der Waals surface area contributed by atoms with Crippen LogP contribution in [-0.4, -0.2) is 49.7 Å². The van der Waals surface area contributed by atoms with Crippen LogP contribution in [0, 0.1) is 5.92 Å². The van der Waals surface area contributed by atoms with E-state index in [4.69, 9.17) is 4.18 Å². The predicted octanol–water partition coefficient (Wildman–Crippen LogP) is 2.41. The fourth-order valence-electron chi connectivity index (χ4n) is 4.62. The SMILES string of the molecule is CCC(=O)N1C[C@H](COS(C)(=O)=O)CC2c3cccc4[nH]cc(c34)C[C@H]21. The Bertz CT molecular complexity index is 950. The Labute approximate surface area is 153 Å². The summed E-state index contributed by atoms with van der Waals surface area (Å²) in [5, 5.41) is 1.27. The van der Waals surface area contributed by atoms with E-state index in [1.54, 1.807) is 0 Å². The number of amides is 1. The number of rotatable bonds is 4. The van der Waals surface area contributed by atoms with Gasteiger partial charge in [0.2, 0.25) is 5.91 Å². The van der Waals surface area contributed by atoms with E-state index in [-0.39, 0.29) is 30.4 Å².